The van der Waals surface area contributed by atoms with Crippen LogP contribution in [0.2, 0.25) is 0 Å². The minimum Gasteiger partial charge on any atom is -0.481 e. The second-order valence-electron chi connectivity index (χ2n) is 4.55. The molecule has 0 aliphatic carbocycles. The van der Waals surface area contributed by atoms with Crippen molar-refractivity contribution in [2.45, 2.75) is 12.7 Å². The van der Waals surface area contributed by atoms with E-state index in [1.54, 1.807) is 0 Å². The molecule has 2 aromatic rings. The Hall–Kier alpha value is -1.40. The van der Waals surface area contributed by atoms with Gasteiger partial charge in [0.2, 0.25) is 0 Å². The number of rotatable bonds is 5. The van der Waals surface area contributed by atoms with Gasteiger partial charge in [0.1, 0.15) is 0 Å². The van der Waals surface area contributed by atoms with Crippen molar-refractivity contribution >= 4 is 37.2 Å². The Morgan fingerprint density at radius 2 is 2.05 bits per heavy atom. The number of aliphatic carboxylic acids is 1. The summed E-state index contributed by atoms with van der Waals surface area (Å²) in [5.41, 5.74) is 0.748. The van der Waals surface area contributed by atoms with E-state index in [0.717, 1.165) is 15.6 Å². The lowest BCUT2D eigenvalue weighted by Gasteiger charge is -2.07. The number of thiophene rings is 1. The van der Waals surface area contributed by atoms with Gasteiger partial charge in [-0.25, -0.2) is 8.42 Å². The van der Waals surface area contributed by atoms with Gasteiger partial charge >= 0.3 is 5.97 Å². The average molecular weight is 298 g/mol. The van der Waals surface area contributed by atoms with E-state index in [-0.39, 0.29) is 11.5 Å². The smallest absolute Gasteiger partial charge is 0.307 e. The first kappa shape index (κ1) is 14.0. The summed E-state index contributed by atoms with van der Waals surface area (Å²) in [6.45, 7) is 1.41. The van der Waals surface area contributed by atoms with Gasteiger partial charge in [0.15, 0.2) is 9.84 Å². The fourth-order valence-electron chi connectivity index (χ4n) is 1.89. The van der Waals surface area contributed by atoms with Crippen LogP contribution >= 0.6 is 11.3 Å². The molecule has 0 amide bonds. The molecule has 0 saturated heterocycles. The fourth-order valence-corrected chi connectivity index (χ4v) is 4.70. The summed E-state index contributed by atoms with van der Waals surface area (Å²) in [5, 5.41) is 11.5. The molecule has 0 radical (unpaired) electrons. The van der Waals surface area contributed by atoms with Crippen molar-refractivity contribution in [2.75, 3.05) is 5.75 Å². The maximum Gasteiger partial charge on any atom is 0.307 e. The molecule has 102 valence electrons. The van der Waals surface area contributed by atoms with Crippen LogP contribution in [-0.2, 0) is 20.4 Å². The largest absolute Gasteiger partial charge is 0.481 e. The molecular formula is C13H14O4S2. The van der Waals surface area contributed by atoms with Gasteiger partial charge in [0, 0.05) is 4.70 Å². The summed E-state index contributed by atoms with van der Waals surface area (Å²) in [6.07, 6.45) is 0. The van der Waals surface area contributed by atoms with Crippen molar-refractivity contribution in [2.24, 2.45) is 5.92 Å². The average Bonchev–Trinajstić information content (AvgIpc) is 2.71. The highest BCUT2D eigenvalue weighted by molar-refractivity contribution is 7.90. The molecule has 0 spiro atoms. The Balaban J connectivity index is 2.23. The van der Waals surface area contributed by atoms with Gasteiger partial charge in [-0.1, -0.05) is 25.1 Å². The van der Waals surface area contributed by atoms with E-state index >= 15 is 0 Å². The molecule has 19 heavy (non-hydrogen) atoms. The van der Waals surface area contributed by atoms with Crippen LogP contribution in [0.3, 0.4) is 0 Å². The molecule has 1 unspecified atom stereocenters. The first-order valence-corrected chi connectivity index (χ1v) is 8.47. The lowest BCUT2D eigenvalue weighted by atomic mass is 10.2. The van der Waals surface area contributed by atoms with E-state index in [4.69, 9.17) is 5.11 Å². The third-order valence-corrected chi connectivity index (χ3v) is 5.63. The van der Waals surface area contributed by atoms with E-state index < -0.39 is 21.7 Å². The molecule has 0 aliphatic rings. The maximum atomic E-state index is 12.0. The minimum atomic E-state index is -3.41. The Kier molecular flexibility index (Phi) is 3.91. The topological polar surface area (TPSA) is 71.4 Å². The van der Waals surface area contributed by atoms with Crippen molar-refractivity contribution in [3.63, 3.8) is 0 Å². The van der Waals surface area contributed by atoms with E-state index in [9.17, 15) is 13.2 Å². The number of sulfone groups is 1. The zero-order valence-electron chi connectivity index (χ0n) is 10.4. The molecule has 0 saturated carbocycles. The van der Waals surface area contributed by atoms with Crippen LogP contribution in [0.1, 0.15) is 12.5 Å². The van der Waals surface area contributed by atoms with Crippen molar-refractivity contribution in [3.8, 4) is 0 Å². The number of benzene rings is 1. The third-order valence-electron chi connectivity index (χ3n) is 2.86. The number of fused-ring (bicyclic) bond motifs is 1. The number of hydrogen-bond acceptors (Lipinski definition) is 4. The molecule has 4 nitrogen and oxygen atoms in total. The highest BCUT2D eigenvalue weighted by Gasteiger charge is 2.22. The van der Waals surface area contributed by atoms with E-state index in [1.807, 2.05) is 29.6 Å². The molecule has 0 bridgehead atoms. The minimum absolute atomic E-state index is 0.103. The first-order valence-electron chi connectivity index (χ1n) is 5.77. The lowest BCUT2D eigenvalue weighted by Crippen LogP contribution is -2.22. The van der Waals surface area contributed by atoms with Gasteiger partial charge in [0.25, 0.3) is 0 Å². The van der Waals surface area contributed by atoms with Crippen molar-refractivity contribution in [1.29, 1.82) is 0 Å². The molecule has 6 heteroatoms. The normalized spacial score (nSPS) is 13.5. The second-order valence-corrected chi connectivity index (χ2v) is 7.57. The van der Waals surface area contributed by atoms with Crippen LogP contribution in [-0.4, -0.2) is 25.2 Å². The van der Waals surface area contributed by atoms with Gasteiger partial charge < -0.3 is 5.11 Å². The first-order chi connectivity index (χ1) is 8.89. The Labute approximate surface area is 115 Å². The SMILES string of the molecule is CC(CS(=O)(=O)Cc1csc2ccccc12)C(=O)O. The van der Waals surface area contributed by atoms with Crippen LogP contribution in [0.5, 0.6) is 0 Å². The molecule has 1 N–H and O–H groups in total. The summed E-state index contributed by atoms with van der Waals surface area (Å²) in [6, 6.07) is 7.60. The number of carboxylic acids is 1. The van der Waals surface area contributed by atoms with Crippen LogP contribution in [0.4, 0.5) is 0 Å². The molecule has 1 heterocycles. The van der Waals surface area contributed by atoms with Gasteiger partial charge in [0.05, 0.1) is 17.4 Å². The second kappa shape index (κ2) is 5.30. The summed E-state index contributed by atoms with van der Waals surface area (Å²) in [5.74, 6) is -2.39. The molecule has 1 aromatic heterocycles. The molecule has 2 rings (SSSR count). The highest BCUT2D eigenvalue weighted by Crippen LogP contribution is 2.27. The maximum absolute atomic E-state index is 12.0. The predicted molar refractivity (Wildman–Crippen MR) is 76.1 cm³/mol. The van der Waals surface area contributed by atoms with Gasteiger partial charge in [-0.05, 0) is 22.4 Å². The standard InChI is InChI=1S/C13H14O4S2/c1-9(13(14)15)7-19(16,17)8-10-6-18-12-5-3-2-4-11(10)12/h2-6,9H,7-8H2,1H3,(H,14,15). The molecular weight excluding hydrogens is 284 g/mol. The third kappa shape index (κ3) is 3.33. The molecule has 1 atom stereocenters. The van der Waals surface area contributed by atoms with Crippen LogP contribution < -0.4 is 0 Å². The molecule has 1 aromatic carbocycles. The van der Waals surface area contributed by atoms with Crippen molar-refractivity contribution in [1.82, 2.24) is 0 Å². The summed E-state index contributed by atoms with van der Waals surface area (Å²) < 4.78 is 25.0. The molecule has 0 fully saturated rings. The van der Waals surface area contributed by atoms with E-state index in [1.165, 1.54) is 18.3 Å². The quantitative estimate of drug-likeness (QED) is 0.920. The zero-order chi connectivity index (χ0) is 14.0. The van der Waals surface area contributed by atoms with Crippen LogP contribution in [0, 0.1) is 5.92 Å². The summed E-state index contributed by atoms with van der Waals surface area (Å²) >= 11 is 1.50. The lowest BCUT2D eigenvalue weighted by molar-refractivity contribution is -0.140. The Morgan fingerprint density at radius 3 is 2.74 bits per heavy atom. The zero-order valence-corrected chi connectivity index (χ0v) is 12.0. The monoisotopic (exact) mass is 298 g/mol. The Bertz CT molecular complexity index is 700. The highest BCUT2D eigenvalue weighted by atomic mass is 32.2. The van der Waals surface area contributed by atoms with Gasteiger partial charge in [-0.3, -0.25) is 4.79 Å². The number of carbonyl (C=O) groups is 1. The molecule has 0 aliphatic heterocycles. The van der Waals surface area contributed by atoms with Crippen molar-refractivity contribution < 1.29 is 18.3 Å². The van der Waals surface area contributed by atoms with Crippen molar-refractivity contribution in [3.05, 3.63) is 35.2 Å². The van der Waals surface area contributed by atoms with Crippen LogP contribution in [0.15, 0.2) is 29.6 Å². The van der Waals surface area contributed by atoms with Gasteiger partial charge in [-0.2, -0.15) is 0 Å². The predicted octanol–water partition coefficient (Wildman–Crippen LogP) is 2.54. The number of hydrogen-bond donors (Lipinski definition) is 1. The summed E-state index contributed by atoms with van der Waals surface area (Å²) in [7, 11) is -3.41. The fraction of sp³-hybridized carbons (Fsp3) is 0.308. The Morgan fingerprint density at radius 1 is 1.37 bits per heavy atom. The van der Waals surface area contributed by atoms with Crippen LogP contribution in [0.25, 0.3) is 10.1 Å². The van der Waals surface area contributed by atoms with Gasteiger partial charge in [-0.15, -0.1) is 11.3 Å². The summed E-state index contributed by atoms with van der Waals surface area (Å²) in [4.78, 5) is 10.7. The van der Waals surface area contributed by atoms with E-state index in [2.05, 4.69) is 0 Å². The van der Waals surface area contributed by atoms with E-state index in [0.29, 0.717) is 0 Å². The number of carboxylic acid groups (broad SMARTS) is 1.